The van der Waals surface area contributed by atoms with Crippen molar-refractivity contribution in [3.63, 3.8) is 0 Å². The minimum absolute atomic E-state index is 0.0428. The van der Waals surface area contributed by atoms with Gasteiger partial charge < -0.3 is 14.8 Å². The van der Waals surface area contributed by atoms with Crippen LogP contribution in [0.1, 0.15) is 46.0 Å². The van der Waals surface area contributed by atoms with E-state index in [0.29, 0.717) is 6.10 Å². The first-order valence-corrected chi connectivity index (χ1v) is 6.66. The van der Waals surface area contributed by atoms with Gasteiger partial charge in [-0.2, -0.15) is 0 Å². The maximum Gasteiger partial charge on any atom is 0.0940 e. The molecule has 3 heteroatoms. The summed E-state index contributed by atoms with van der Waals surface area (Å²) in [5, 5.41) is 3.41. The van der Waals surface area contributed by atoms with Crippen molar-refractivity contribution in [1.29, 1.82) is 0 Å². The molecule has 0 amide bonds. The van der Waals surface area contributed by atoms with Gasteiger partial charge in [0.25, 0.3) is 0 Å². The lowest BCUT2D eigenvalue weighted by atomic mass is 9.98. The summed E-state index contributed by atoms with van der Waals surface area (Å²) in [5.41, 5.74) is -0.0428. The van der Waals surface area contributed by atoms with Gasteiger partial charge in [0.2, 0.25) is 0 Å². The molecule has 1 unspecified atom stereocenters. The third-order valence-corrected chi connectivity index (χ3v) is 3.48. The molecule has 0 radical (unpaired) electrons. The molecule has 0 bridgehead atoms. The highest BCUT2D eigenvalue weighted by Crippen LogP contribution is 2.21. The van der Waals surface area contributed by atoms with Gasteiger partial charge in [0.1, 0.15) is 0 Å². The molecule has 1 aliphatic carbocycles. The minimum Gasteiger partial charge on any atom is -0.375 e. The van der Waals surface area contributed by atoms with Crippen LogP contribution in [0.25, 0.3) is 0 Å². The lowest BCUT2D eigenvalue weighted by Crippen LogP contribution is -2.52. The summed E-state index contributed by atoms with van der Waals surface area (Å²) in [6, 6.07) is 0. The molecule has 1 atom stereocenters. The Bertz CT molecular complexity index is 212. The molecule has 1 heterocycles. The predicted octanol–water partition coefficient (Wildman–Crippen LogP) is 2.10. The molecule has 1 aliphatic heterocycles. The number of morpholine rings is 1. The van der Waals surface area contributed by atoms with E-state index in [0.717, 1.165) is 19.7 Å². The lowest BCUT2D eigenvalue weighted by Gasteiger charge is -2.37. The highest BCUT2D eigenvalue weighted by molar-refractivity contribution is 4.81. The Morgan fingerprint density at radius 2 is 2.00 bits per heavy atom. The second kappa shape index (κ2) is 5.48. The number of rotatable bonds is 3. The number of nitrogens with one attached hydrogen (secondary N) is 1. The van der Waals surface area contributed by atoms with E-state index in [1.54, 1.807) is 0 Å². The zero-order chi connectivity index (χ0) is 11.4. The average Bonchev–Trinajstić information content (AvgIpc) is 2.27. The molecule has 2 rings (SSSR count). The van der Waals surface area contributed by atoms with Crippen molar-refractivity contribution in [2.45, 2.75) is 63.8 Å². The Labute approximate surface area is 98.9 Å². The molecule has 3 nitrogen and oxygen atoms in total. The Balaban J connectivity index is 1.68. The molecule has 16 heavy (non-hydrogen) atoms. The highest BCUT2D eigenvalue weighted by atomic mass is 16.6. The summed E-state index contributed by atoms with van der Waals surface area (Å²) in [4.78, 5) is 0. The molecular weight excluding hydrogens is 202 g/mol. The fourth-order valence-electron chi connectivity index (χ4n) is 2.64. The van der Waals surface area contributed by atoms with Gasteiger partial charge in [0, 0.05) is 13.1 Å². The molecule has 2 fully saturated rings. The van der Waals surface area contributed by atoms with Crippen LogP contribution in [0.4, 0.5) is 0 Å². The normalized spacial score (nSPS) is 31.5. The summed E-state index contributed by atoms with van der Waals surface area (Å²) in [6.07, 6.45) is 7.24. The van der Waals surface area contributed by atoms with Gasteiger partial charge >= 0.3 is 0 Å². The van der Waals surface area contributed by atoms with E-state index in [4.69, 9.17) is 9.47 Å². The fraction of sp³-hybridized carbons (Fsp3) is 1.00. The van der Waals surface area contributed by atoms with Crippen molar-refractivity contribution in [3.8, 4) is 0 Å². The molecule has 0 aromatic rings. The standard InChI is InChI=1S/C13H25NO2/c1-13(2)10-14-8-12(16-13)9-15-11-6-4-3-5-7-11/h11-12,14H,3-10H2,1-2H3. The first kappa shape index (κ1) is 12.3. The van der Waals surface area contributed by atoms with E-state index >= 15 is 0 Å². The van der Waals surface area contributed by atoms with Crippen LogP contribution in [-0.2, 0) is 9.47 Å². The predicted molar refractivity (Wildman–Crippen MR) is 64.6 cm³/mol. The summed E-state index contributed by atoms with van der Waals surface area (Å²) in [6.45, 7) is 6.88. The van der Waals surface area contributed by atoms with Crippen LogP contribution >= 0.6 is 0 Å². The van der Waals surface area contributed by atoms with Crippen molar-refractivity contribution >= 4 is 0 Å². The van der Waals surface area contributed by atoms with Crippen LogP contribution in [0.5, 0.6) is 0 Å². The third kappa shape index (κ3) is 3.72. The molecule has 94 valence electrons. The van der Waals surface area contributed by atoms with Crippen molar-refractivity contribution < 1.29 is 9.47 Å². The monoisotopic (exact) mass is 227 g/mol. The second-order valence-electron chi connectivity index (χ2n) is 5.72. The Morgan fingerprint density at radius 1 is 1.25 bits per heavy atom. The van der Waals surface area contributed by atoms with E-state index in [-0.39, 0.29) is 11.7 Å². The quantitative estimate of drug-likeness (QED) is 0.801. The Morgan fingerprint density at radius 3 is 2.69 bits per heavy atom. The van der Waals surface area contributed by atoms with E-state index in [9.17, 15) is 0 Å². The van der Waals surface area contributed by atoms with E-state index in [1.807, 2.05) is 0 Å². The van der Waals surface area contributed by atoms with Crippen LogP contribution in [0, 0.1) is 0 Å². The van der Waals surface area contributed by atoms with Crippen molar-refractivity contribution in [1.82, 2.24) is 5.32 Å². The number of hydrogen-bond acceptors (Lipinski definition) is 3. The van der Waals surface area contributed by atoms with Gasteiger partial charge in [-0.15, -0.1) is 0 Å². The largest absolute Gasteiger partial charge is 0.375 e. The summed E-state index contributed by atoms with van der Waals surface area (Å²) in [7, 11) is 0. The minimum atomic E-state index is -0.0428. The summed E-state index contributed by atoms with van der Waals surface area (Å²) < 4.78 is 11.9. The van der Waals surface area contributed by atoms with Gasteiger partial charge in [-0.3, -0.25) is 0 Å². The van der Waals surface area contributed by atoms with E-state index < -0.39 is 0 Å². The first-order valence-electron chi connectivity index (χ1n) is 6.66. The maximum absolute atomic E-state index is 5.98. The smallest absolute Gasteiger partial charge is 0.0940 e. The average molecular weight is 227 g/mol. The molecule has 0 aromatic heterocycles. The Kier molecular flexibility index (Phi) is 4.22. The number of ether oxygens (including phenoxy) is 2. The van der Waals surface area contributed by atoms with Crippen molar-refractivity contribution in [2.24, 2.45) is 0 Å². The van der Waals surface area contributed by atoms with Gasteiger partial charge in [-0.25, -0.2) is 0 Å². The second-order valence-corrected chi connectivity index (χ2v) is 5.72. The van der Waals surface area contributed by atoms with E-state index in [1.165, 1.54) is 32.1 Å². The first-order chi connectivity index (χ1) is 7.66. The zero-order valence-corrected chi connectivity index (χ0v) is 10.6. The van der Waals surface area contributed by atoms with Crippen molar-refractivity contribution in [3.05, 3.63) is 0 Å². The van der Waals surface area contributed by atoms with Crippen LogP contribution < -0.4 is 5.32 Å². The zero-order valence-electron chi connectivity index (χ0n) is 10.6. The molecule has 2 aliphatic rings. The number of hydrogen-bond donors (Lipinski definition) is 1. The fourth-order valence-corrected chi connectivity index (χ4v) is 2.64. The lowest BCUT2D eigenvalue weighted by molar-refractivity contribution is -0.132. The molecular formula is C13H25NO2. The van der Waals surface area contributed by atoms with Crippen LogP contribution in [0.2, 0.25) is 0 Å². The SMILES string of the molecule is CC1(C)CNCC(COC2CCCCC2)O1. The van der Waals surface area contributed by atoms with Gasteiger partial charge in [0.15, 0.2) is 0 Å². The van der Waals surface area contributed by atoms with Crippen LogP contribution in [-0.4, -0.2) is 37.5 Å². The topological polar surface area (TPSA) is 30.5 Å². The maximum atomic E-state index is 5.98. The summed E-state index contributed by atoms with van der Waals surface area (Å²) in [5.74, 6) is 0. The highest BCUT2D eigenvalue weighted by Gasteiger charge is 2.29. The Hall–Kier alpha value is -0.120. The third-order valence-electron chi connectivity index (χ3n) is 3.48. The molecule has 1 saturated heterocycles. The van der Waals surface area contributed by atoms with Crippen LogP contribution in [0.15, 0.2) is 0 Å². The van der Waals surface area contributed by atoms with Crippen molar-refractivity contribution in [2.75, 3.05) is 19.7 Å². The van der Waals surface area contributed by atoms with Gasteiger partial charge in [0.05, 0.1) is 24.4 Å². The van der Waals surface area contributed by atoms with Gasteiger partial charge in [-0.05, 0) is 26.7 Å². The van der Waals surface area contributed by atoms with E-state index in [2.05, 4.69) is 19.2 Å². The molecule has 0 spiro atoms. The summed E-state index contributed by atoms with van der Waals surface area (Å²) >= 11 is 0. The molecule has 0 aromatic carbocycles. The van der Waals surface area contributed by atoms with Gasteiger partial charge in [-0.1, -0.05) is 19.3 Å². The molecule has 1 N–H and O–H groups in total. The molecule has 1 saturated carbocycles. The van der Waals surface area contributed by atoms with Crippen LogP contribution in [0.3, 0.4) is 0 Å².